The Morgan fingerprint density at radius 1 is 1.79 bits per heavy atom. The van der Waals surface area contributed by atoms with Crippen molar-refractivity contribution in [2.45, 2.75) is 13.0 Å². The summed E-state index contributed by atoms with van der Waals surface area (Å²) in [5.41, 5.74) is 0.584. The fourth-order valence-electron chi connectivity index (χ4n) is 0.895. The average Bonchev–Trinajstić information content (AvgIpc) is 2.15. The van der Waals surface area contributed by atoms with Gasteiger partial charge in [0.25, 0.3) is 5.91 Å². The first-order chi connectivity index (χ1) is 6.61. The lowest BCUT2D eigenvalue weighted by atomic mass is 10.2. The minimum atomic E-state index is -0.529. The third-order valence-corrected chi connectivity index (χ3v) is 2.43. The fourth-order valence-corrected chi connectivity index (χ4v) is 1.48. The van der Waals surface area contributed by atoms with Crippen LogP contribution in [0.25, 0.3) is 0 Å². The maximum Gasteiger partial charge on any atom is 0.252 e. The molecule has 1 heterocycles. The summed E-state index contributed by atoms with van der Waals surface area (Å²) in [6.07, 6.45) is 2.66. The van der Waals surface area contributed by atoms with Gasteiger partial charge in [-0.2, -0.15) is 0 Å². The van der Waals surface area contributed by atoms with Crippen molar-refractivity contribution in [3.8, 4) is 0 Å². The van der Waals surface area contributed by atoms with Gasteiger partial charge in [-0.25, -0.2) is 0 Å². The lowest BCUT2D eigenvalue weighted by Crippen LogP contribution is -2.31. The number of pyridine rings is 1. The Morgan fingerprint density at radius 3 is 3.07 bits per heavy atom. The number of rotatable bonds is 3. The van der Waals surface area contributed by atoms with Crippen molar-refractivity contribution < 1.29 is 9.90 Å². The van der Waals surface area contributed by atoms with Gasteiger partial charge in [-0.1, -0.05) is 0 Å². The molecule has 0 spiro atoms. The van der Waals surface area contributed by atoms with E-state index in [0.717, 1.165) is 3.57 Å². The summed E-state index contributed by atoms with van der Waals surface area (Å²) in [5.74, 6) is -0.183. The Kier molecular flexibility index (Phi) is 4.27. The molecule has 0 bridgehead atoms. The van der Waals surface area contributed by atoms with Crippen LogP contribution in [-0.2, 0) is 0 Å². The van der Waals surface area contributed by atoms with Gasteiger partial charge < -0.3 is 10.4 Å². The van der Waals surface area contributed by atoms with Crippen LogP contribution in [0.15, 0.2) is 18.5 Å². The highest BCUT2D eigenvalue weighted by atomic mass is 127. The molecule has 76 valence electrons. The zero-order valence-corrected chi connectivity index (χ0v) is 9.85. The summed E-state index contributed by atoms with van der Waals surface area (Å²) in [4.78, 5) is 15.4. The zero-order chi connectivity index (χ0) is 10.6. The molecule has 0 saturated carbocycles. The van der Waals surface area contributed by atoms with Crippen LogP contribution < -0.4 is 5.32 Å². The Morgan fingerprint density at radius 2 is 2.50 bits per heavy atom. The predicted octanol–water partition coefficient (Wildman–Crippen LogP) is 0.797. The number of hydrogen-bond donors (Lipinski definition) is 2. The molecule has 0 fully saturated rings. The first kappa shape index (κ1) is 11.4. The molecule has 14 heavy (non-hydrogen) atoms. The first-order valence-corrected chi connectivity index (χ1v) is 5.25. The van der Waals surface area contributed by atoms with Crippen LogP contribution in [0.2, 0.25) is 0 Å². The van der Waals surface area contributed by atoms with Gasteiger partial charge in [0.05, 0.1) is 11.7 Å². The van der Waals surface area contributed by atoms with Crippen LogP contribution in [0.4, 0.5) is 0 Å². The second kappa shape index (κ2) is 5.26. The highest BCUT2D eigenvalue weighted by molar-refractivity contribution is 14.1. The van der Waals surface area contributed by atoms with Crippen LogP contribution in [0.5, 0.6) is 0 Å². The minimum absolute atomic E-state index is 0.183. The van der Waals surface area contributed by atoms with Crippen molar-refractivity contribution in [2.24, 2.45) is 0 Å². The maximum absolute atomic E-state index is 11.5. The molecule has 0 aliphatic rings. The molecular formula is C9H11IN2O2. The number of aliphatic hydroxyl groups excluding tert-OH is 1. The Hall–Kier alpha value is -0.690. The molecule has 0 aromatic carbocycles. The van der Waals surface area contributed by atoms with Gasteiger partial charge in [0.1, 0.15) is 0 Å². The van der Waals surface area contributed by atoms with E-state index < -0.39 is 6.10 Å². The van der Waals surface area contributed by atoms with Crippen molar-refractivity contribution in [1.82, 2.24) is 10.3 Å². The molecule has 0 aliphatic heterocycles. The van der Waals surface area contributed by atoms with Gasteiger partial charge >= 0.3 is 0 Å². The average molecular weight is 306 g/mol. The molecule has 1 aromatic heterocycles. The van der Waals surface area contributed by atoms with Crippen molar-refractivity contribution in [1.29, 1.82) is 0 Å². The lowest BCUT2D eigenvalue weighted by molar-refractivity contribution is 0.0923. The van der Waals surface area contributed by atoms with Crippen molar-refractivity contribution >= 4 is 28.5 Å². The standard InChI is InChI=1S/C9H11IN2O2/c1-6(13)4-12-9(14)7-2-3-11-5-8(7)10/h2-3,5-6,13H,4H2,1H3,(H,12,14). The van der Waals surface area contributed by atoms with Crippen LogP contribution >= 0.6 is 22.6 Å². The van der Waals surface area contributed by atoms with Gasteiger partial charge in [-0.05, 0) is 35.6 Å². The van der Waals surface area contributed by atoms with E-state index in [0.29, 0.717) is 5.56 Å². The molecule has 5 heteroatoms. The molecule has 1 amide bonds. The van der Waals surface area contributed by atoms with Gasteiger partial charge in [-0.3, -0.25) is 9.78 Å². The zero-order valence-electron chi connectivity index (χ0n) is 7.70. The lowest BCUT2D eigenvalue weighted by Gasteiger charge is -2.07. The highest BCUT2D eigenvalue weighted by Crippen LogP contribution is 2.09. The number of amides is 1. The first-order valence-electron chi connectivity index (χ1n) is 4.17. The molecule has 0 saturated heterocycles. The normalized spacial score (nSPS) is 12.2. The Balaban J connectivity index is 2.65. The van der Waals surface area contributed by atoms with E-state index in [9.17, 15) is 4.79 Å². The number of carbonyl (C=O) groups is 1. The molecule has 4 nitrogen and oxygen atoms in total. The topological polar surface area (TPSA) is 62.2 Å². The number of aromatic nitrogens is 1. The molecule has 1 atom stereocenters. The Labute approximate surface area is 95.9 Å². The van der Waals surface area contributed by atoms with E-state index in [1.54, 1.807) is 25.4 Å². The summed E-state index contributed by atoms with van der Waals surface area (Å²) in [5, 5.41) is 11.6. The van der Waals surface area contributed by atoms with Crippen molar-refractivity contribution in [3.63, 3.8) is 0 Å². The summed E-state index contributed by atoms with van der Waals surface area (Å²) < 4.78 is 0.799. The summed E-state index contributed by atoms with van der Waals surface area (Å²) in [7, 11) is 0. The van der Waals surface area contributed by atoms with E-state index >= 15 is 0 Å². The van der Waals surface area contributed by atoms with Gasteiger partial charge in [0.15, 0.2) is 0 Å². The third kappa shape index (κ3) is 3.22. The van der Waals surface area contributed by atoms with Gasteiger partial charge in [-0.15, -0.1) is 0 Å². The summed E-state index contributed by atoms with van der Waals surface area (Å²) in [6, 6.07) is 1.65. The van der Waals surface area contributed by atoms with Crippen molar-refractivity contribution in [3.05, 3.63) is 27.6 Å². The fraction of sp³-hybridized carbons (Fsp3) is 0.333. The molecule has 1 rings (SSSR count). The van der Waals surface area contributed by atoms with E-state index in [4.69, 9.17) is 5.11 Å². The van der Waals surface area contributed by atoms with Crippen LogP contribution in [-0.4, -0.2) is 28.6 Å². The van der Waals surface area contributed by atoms with E-state index in [2.05, 4.69) is 10.3 Å². The molecule has 2 N–H and O–H groups in total. The van der Waals surface area contributed by atoms with E-state index in [-0.39, 0.29) is 12.5 Å². The molecule has 0 radical (unpaired) electrons. The maximum atomic E-state index is 11.5. The number of hydrogen-bond acceptors (Lipinski definition) is 3. The Bertz CT molecular complexity index is 328. The number of halogens is 1. The molecule has 1 unspecified atom stereocenters. The third-order valence-electron chi connectivity index (χ3n) is 1.58. The van der Waals surface area contributed by atoms with Gasteiger partial charge in [0, 0.05) is 22.5 Å². The smallest absolute Gasteiger partial charge is 0.252 e. The number of aliphatic hydroxyl groups is 1. The van der Waals surface area contributed by atoms with E-state index in [1.165, 1.54) is 0 Å². The van der Waals surface area contributed by atoms with Crippen molar-refractivity contribution in [2.75, 3.05) is 6.54 Å². The largest absolute Gasteiger partial charge is 0.392 e. The summed E-state index contributed by atoms with van der Waals surface area (Å²) >= 11 is 2.05. The highest BCUT2D eigenvalue weighted by Gasteiger charge is 2.09. The molecular weight excluding hydrogens is 295 g/mol. The van der Waals surface area contributed by atoms with Gasteiger partial charge in [0.2, 0.25) is 0 Å². The number of carbonyl (C=O) groups excluding carboxylic acids is 1. The summed E-state index contributed by atoms with van der Waals surface area (Å²) in [6.45, 7) is 1.88. The molecule has 1 aromatic rings. The SMILES string of the molecule is CC(O)CNC(=O)c1ccncc1I. The minimum Gasteiger partial charge on any atom is -0.392 e. The second-order valence-corrected chi connectivity index (χ2v) is 4.08. The van der Waals surface area contributed by atoms with Crippen LogP contribution in [0.1, 0.15) is 17.3 Å². The van der Waals surface area contributed by atoms with E-state index in [1.807, 2.05) is 22.6 Å². The molecule has 0 aliphatic carbocycles. The predicted molar refractivity (Wildman–Crippen MR) is 61.0 cm³/mol. The van der Waals surface area contributed by atoms with Crippen LogP contribution in [0.3, 0.4) is 0 Å². The van der Waals surface area contributed by atoms with Crippen LogP contribution in [0, 0.1) is 3.57 Å². The quantitative estimate of drug-likeness (QED) is 0.812. The second-order valence-electron chi connectivity index (χ2n) is 2.91. The number of nitrogens with zero attached hydrogens (tertiary/aromatic N) is 1. The number of nitrogens with one attached hydrogen (secondary N) is 1. The monoisotopic (exact) mass is 306 g/mol.